The number of benzene rings is 1. The SMILES string of the molecule is N#Cc1cccc(C2CCN(C(=O)CN3CCCCCC3=O)CC2)c1. The third-order valence-electron chi connectivity index (χ3n) is 5.33. The summed E-state index contributed by atoms with van der Waals surface area (Å²) in [4.78, 5) is 28.2. The van der Waals surface area contributed by atoms with Gasteiger partial charge in [0.05, 0.1) is 18.2 Å². The zero-order chi connectivity index (χ0) is 17.6. The molecule has 2 aliphatic heterocycles. The van der Waals surface area contributed by atoms with Crippen molar-refractivity contribution in [2.24, 2.45) is 0 Å². The quantitative estimate of drug-likeness (QED) is 0.850. The van der Waals surface area contributed by atoms with Crippen LogP contribution >= 0.6 is 0 Å². The maximum Gasteiger partial charge on any atom is 0.242 e. The molecule has 1 aromatic carbocycles. The van der Waals surface area contributed by atoms with Gasteiger partial charge in [0.25, 0.3) is 0 Å². The fraction of sp³-hybridized carbons (Fsp3) is 0.550. The molecule has 5 nitrogen and oxygen atoms in total. The molecule has 3 rings (SSSR count). The van der Waals surface area contributed by atoms with Gasteiger partial charge in [-0.2, -0.15) is 5.26 Å². The third kappa shape index (κ3) is 4.39. The molecule has 0 bridgehead atoms. The van der Waals surface area contributed by atoms with E-state index in [1.165, 1.54) is 5.56 Å². The molecule has 5 heteroatoms. The van der Waals surface area contributed by atoms with Crippen molar-refractivity contribution in [2.45, 2.75) is 44.4 Å². The molecule has 0 spiro atoms. The first-order chi connectivity index (χ1) is 12.2. The van der Waals surface area contributed by atoms with E-state index < -0.39 is 0 Å². The van der Waals surface area contributed by atoms with Crippen LogP contribution in [0, 0.1) is 11.3 Å². The van der Waals surface area contributed by atoms with Crippen LogP contribution in [0.1, 0.15) is 55.6 Å². The molecule has 0 unspecified atom stereocenters. The van der Waals surface area contributed by atoms with Gasteiger partial charge in [-0.25, -0.2) is 0 Å². The zero-order valence-corrected chi connectivity index (χ0v) is 14.6. The summed E-state index contributed by atoms with van der Waals surface area (Å²) in [6.45, 7) is 2.39. The molecule has 1 aromatic rings. The maximum atomic E-state index is 12.6. The van der Waals surface area contributed by atoms with E-state index in [0.717, 1.165) is 45.2 Å². The van der Waals surface area contributed by atoms with E-state index in [1.807, 2.05) is 23.1 Å². The van der Waals surface area contributed by atoms with E-state index in [0.29, 0.717) is 24.4 Å². The van der Waals surface area contributed by atoms with Crippen molar-refractivity contribution >= 4 is 11.8 Å². The standard InChI is InChI=1S/C20H25N3O2/c21-14-16-5-4-6-18(13-16)17-8-11-22(12-9-17)20(25)15-23-10-3-1-2-7-19(23)24/h4-6,13,17H,1-3,7-12,15H2. The monoisotopic (exact) mass is 339 g/mol. The first-order valence-electron chi connectivity index (χ1n) is 9.23. The van der Waals surface area contributed by atoms with Crippen molar-refractivity contribution in [3.8, 4) is 6.07 Å². The minimum Gasteiger partial charge on any atom is -0.341 e. The van der Waals surface area contributed by atoms with E-state index >= 15 is 0 Å². The maximum absolute atomic E-state index is 12.6. The van der Waals surface area contributed by atoms with Crippen molar-refractivity contribution in [2.75, 3.05) is 26.2 Å². The molecule has 2 saturated heterocycles. The van der Waals surface area contributed by atoms with Gasteiger partial charge < -0.3 is 9.80 Å². The first-order valence-corrected chi connectivity index (χ1v) is 9.23. The third-order valence-corrected chi connectivity index (χ3v) is 5.33. The number of amides is 2. The number of nitrogens with zero attached hydrogens (tertiary/aromatic N) is 3. The highest BCUT2D eigenvalue weighted by Gasteiger charge is 2.26. The minimum absolute atomic E-state index is 0.0690. The average molecular weight is 339 g/mol. The highest BCUT2D eigenvalue weighted by Crippen LogP contribution is 2.28. The molecule has 0 N–H and O–H groups in total. The molecular weight excluding hydrogens is 314 g/mol. The van der Waals surface area contributed by atoms with Crippen LogP contribution in [0.2, 0.25) is 0 Å². The number of carbonyl (C=O) groups is 2. The number of hydrogen-bond acceptors (Lipinski definition) is 3. The van der Waals surface area contributed by atoms with Crippen LogP contribution in [0.25, 0.3) is 0 Å². The summed E-state index contributed by atoms with van der Waals surface area (Å²) in [5, 5.41) is 9.04. The van der Waals surface area contributed by atoms with Gasteiger partial charge in [0.2, 0.25) is 11.8 Å². The molecule has 132 valence electrons. The molecule has 2 aliphatic rings. The number of hydrogen-bond donors (Lipinski definition) is 0. The lowest BCUT2D eigenvalue weighted by Crippen LogP contribution is -2.45. The fourth-order valence-electron chi connectivity index (χ4n) is 3.79. The Morgan fingerprint density at radius 1 is 1.16 bits per heavy atom. The van der Waals surface area contributed by atoms with Crippen molar-refractivity contribution < 1.29 is 9.59 Å². The van der Waals surface area contributed by atoms with Crippen molar-refractivity contribution in [1.82, 2.24) is 9.80 Å². The zero-order valence-electron chi connectivity index (χ0n) is 14.6. The predicted molar refractivity (Wildman–Crippen MR) is 94.8 cm³/mol. The highest BCUT2D eigenvalue weighted by molar-refractivity contribution is 5.85. The normalized spacial score (nSPS) is 19.4. The molecule has 0 saturated carbocycles. The van der Waals surface area contributed by atoms with Gasteiger partial charge in [-0.15, -0.1) is 0 Å². The van der Waals surface area contributed by atoms with Gasteiger partial charge in [-0.3, -0.25) is 9.59 Å². The van der Waals surface area contributed by atoms with Crippen molar-refractivity contribution in [3.63, 3.8) is 0 Å². The summed E-state index contributed by atoms with van der Waals surface area (Å²) in [5.41, 5.74) is 1.88. The fourth-order valence-corrected chi connectivity index (χ4v) is 3.79. The van der Waals surface area contributed by atoms with E-state index in [1.54, 1.807) is 4.90 Å². The van der Waals surface area contributed by atoms with E-state index in [9.17, 15) is 9.59 Å². The molecular formula is C20H25N3O2. The number of carbonyl (C=O) groups excluding carboxylic acids is 2. The summed E-state index contributed by atoms with van der Waals surface area (Å²) in [7, 11) is 0. The summed E-state index contributed by atoms with van der Waals surface area (Å²) in [5.74, 6) is 0.589. The van der Waals surface area contributed by atoms with Crippen LogP contribution in [0.5, 0.6) is 0 Å². The van der Waals surface area contributed by atoms with E-state index in [-0.39, 0.29) is 18.4 Å². The number of rotatable bonds is 3. The Hall–Kier alpha value is -2.35. The van der Waals surface area contributed by atoms with Crippen LogP contribution in [-0.2, 0) is 9.59 Å². The minimum atomic E-state index is 0.0690. The molecule has 0 aromatic heterocycles. The van der Waals surface area contributed by atoms with Gasteiger partial charge in [0, 0.05) is 26.1 Å². The molecule has 0 aliphatic carbocycles. The largest absolute Gasteiger partial charge is 0.341 e. The average Bonchev–Trinajstić information content (AvgIpc) is 2.86. The summed E-state index contributed by atoms with van der Waals surface area (Å²) < 4.78 is 0. The lowest BCUT2D eigenvalue weighted by molar-refractivity contribution is -0.140. The summed E-state index contributed by atoms with van der Waals surface area (Å²) in [6.07, 6.45) is 5.41. The number of likely N-dealkylation sites (tertiary alicyclic amines) is 2. The molecule has 0 radical (unpaired) electrons. The highest BCUT2D eigenvalue weighted by atomic mass is 16.2. The van der Waals surface area contributed by atoms with Gasteiger partial charge in [0.1, 0.15) is 0 Å². The second-order valence-corrected chi connectivity index (χ2v) is 7.02. The molecule has 2 fully saturated rings. The Bertz CT molecular complexity index is 672. The Morgan fingerprint density at radius 2 is 1.96 bits per heavy atom. The van der Waals surface area contributed by atoms with Crippen molar-refractivity contribution in [1.29, 1.82) is 5.26 Å². The van der Waals surface area contributed by atoms with Crippen LogP contribution < -0.4 is 0 Å². The number of piperidine rings is 1. The Kier molecular flexibility index (Phi) is 5.70. The van der Waals surface area contributed by atoms with Gasteiger partial charge in [-0.1, -0.05) is 18.6 Å². The van der Waals surface area contributed by atoms with Crippen molar-refractivity contribution in [3.05, 3.63) is 35.4 Å². The Labute approximate surface area is 149 Å². The van der Waals surface area contributed by atoms with Crippen LogP contribution in [0.4, 0.5) is 0 Å². The number of nitriles is 1. The molecule has 0 atom stereocenters. The Balaban J connectivity index is 1.53. The van der Waals surface area contributed by atoms with Gasteiger partial charge in [-0.05, 0) is 49.3 Å². The topological polar surface area (TPSA) is 64.4 Å². The second-order valence-electron chi connectivity index (χ2n) is 7.02. The van der Waals surface area contributed by atoms with Gasteiger partial charge >= 0.3 is 0 Å². The Morgan fingerprint density at radius 3 is 2.72 bits per heavy atom. The lowest BCUT2D eigenvalue weighted by atomic mass is 9.88. The van der Waals surface area contributed by atoms with E-state index in [4.69, 9.17) is 5.26 Å². The second kappa shape index (κ2) is 8.15. The summed E-state index contributed by atoms with van der Waals surface area (Å²) in [6, 6.07) is 9.96. The molecule has 2 amide bonds. The summed E-state index contributed by atoms with van der Waals surface area (Å²) >= 11 is 0. The van der Waals surface area contributed by atoms with Crippen LogP contribution in [0.3, 0.4) is 0 Å². The predicted octanol–water partition coefficient (Wildman–Crippen LogP) is 2.67. The first kappa shape index (κ1) is 17.5. The van der Waals surface area contributed by atoms with Crippen LogP contribution in [0.15, 0.2) is 24.3 Å². The smallest absolute Gasteiger partial charge is 0.242 e. The molecule has 25 heavy (non-hydrogen) atoms. The lowest BCUT2D eigenvalue weighted by Gasteiger charge is -2.33. The van der Waals surface area contributed by atoms with Crippen LogP contribution in [-0.4, -0.2) is 47.8 Å². The van der Waals surface area contributed by atoms with Gasteiger partial charge in [0.15, 0.2) is 0 Å². The van der Waals surface area contributed by atoms with E-state index in [2.05, 4.69) is 12.1 Å². The molecule has 2 heterocycles.